The van der Waals surface area contributed by atoms with Crippen LogP contribution in [0, 0.1) is 5.82 Å². The van der Waals surface area contributed by atoms with Gasteiger partial charge in [0.15, 0.2) is 0 Å². The number of hydrogen-bond acceptors (Lipinski definition) is 2. The molecule has 0 atom stereocenters. The fraction of sp³-hybridized carbons (Fsp3) is 0.235. The van der Waals surface area contributed by atoms with E-state index >= 15 is 0 Å². The summed E-state index contributed by atoms with van der Waals surface area (Å²) in [6, 6.07) is 7.97. The highest BCUT2D eigenvalue weighted by Crippen LogP contribution is 2.35. The number of halogens is 4. The Morgan fingerprint density at radius 1 is 1.17 bits per heavy atom. The minimum absolute atomic E-state index is 0.0922. The van der Waals surface area contributed by atoms with Crippen LogP contribution in [0.5, 0.6) is 5.75 Å². The zero-order valence-electron chi connectivity index (χ0n) is 12.8. The van der Waals surface area contributed by atoms with Crippen molar-refractivity contribution in [1.82, 2.24) is 0 Å². The average Bonchev–Trinajstić information content (AvgIpc) is 2.53. The Balaban J connectivity index is 2.35. The molecule has 1 N–H and O–H groups in total. The van der Waals surface area contributed by atoms with Crippen LogP contribution in [0.2, 0.25) is 0 Å². The molecule has 7 heteroatoms. The Hall–Kier alpha value is -2.57. The van der Waals surface area contributed by atoms with Crippen LogP contribution >= 0.6 is 0 Å². The van der Waals surface area contributed by atoms with Gasteiger partial charge in [0.1, 0.15) is 11.6 Å². The normalized spacial score (nSPS) is 11.2. The van der Waals surface area contributed by atoms with Gasteiger partial charge in [0, 0.05) is 0 Å². The molecule has 24 heavy (non-hydrogen) atoms. The monoisotopic (exact) mass is 341 g/mol. The van der Waals surface area contributed by atoms with Crippen molar-refractivity contribution in [3.8, 4) is 5.75 Å². The molecule has 0 aliphatic heterocycles. The van der Waals surface area contributed by atoms with E-state index in [1.807, 2.05) is 6.92 Å². The first kappa shape index (κ1) is 17.8. The predicted octanol–water partition coefficient (Wildman–Crippen LogP) is 4.89. The summed E-state index contributed by atoms with van der Waals surface area (Å²) in [5.74, 6) is -1.53. The van der Waals surface area contributed by atoms with Crippen LogP contribution in [0.1, 0.15) is 29.3 Å². The van der Waals surface area contributed by atoms with Gasteiger partial charge in [-0.15, -0.1) is 0 Å². The van der Waals surface area contributed by atoms with Crippen LogP contribution in [0.15, 0.2) is 42.5 Å². The van der Waals surface area contributed by atoms with E-state index in [2.05, 4.69) is 5.32 Å². The number of rotatable bonds is 5. The van der Waals surface area contributed by atoms with Gasteiger partial charge in [0.25, 0.3) is 5.91 Å². The molecule has 3 nitrogen and oxygen atoms in total. The van der Waals surface area contributed by atoms with Crippen molar-refractivity contribution in [1.29, 1.82) is 0 Å². The van der Waals surface area contributed by atoms with Crippen molar-refractivity contribution in [2.75, 3.05) is 11.9 Å². The topological polar surface area (TPSA) is 38.3 Å². The molecule has 0 saturated carbocycles. The highest BCUT2D eigenvalue weighted by Gasteiger charge is 2.31. The molecule has 0 saturated heterocycles. The van der Waals surface area contributed by atoms with Crippen LogP contribution in [0.3, 0.4) is 0 Å². The second kappa shape index (κ2) is 7.33. The fourth-order valence-electron chi connectivity index (χ4n) is 1.98. The van der Waals surface area contributed by atoms with Crippen molar-refractivity contribution in [2.45, 2.75) is 19.5 Å². The molecule has 0 heterocycles. The van der Waals surface area contributed by atoms with Crippen molar-refractivity contribution in [3.63, 3.8) is 0 Å². The summed E-state index contributed by atoms with van der Waals surface area (Å²) in [5, 5.41) is 2.29. The first-order valence-corrected chi connectivity index (χ1v) is 7.23. The van der Waals surface area contributed by atoms with Crippen LogP contribution in [-0.4, -0.2) is 12.5 Å². The smallest absolute Gasteiger partial charge is 0.416 e. The van der Waals surface area contributed by atoms with Gasteiger partial charge in [-0.1, -0.05) is 19.1 Å². The first-order valence-electron chi connectivity index (χ1n) is 7.23. The minimum Gasteiger partial charge on any atom is -0.491 e. The van der Waals surface area contributed by atoms with Crippen LogP contribution in [0.4, 0.5) is 23.2 Å². The lowest BCUT2D eigenvalue weighted by atomic mass is 10.1. The van der Waals surface area contributed by atoms with Crippen molar-refractivity contribution >= 4 is 11.6 Å². The third-order valence-corrected chi connectivity index (χ3v) is 3.14. The van der Waals surface area contributed by atoms with Gasteiger partial charge >= 0.3 is 6.18 Å². The molecule has 0 aliphatic rings. The number of carbonyl (C=O) groups is 1. The Morgan fingerprint density at radius 2 is 1.88 bits per heavy atom. The number of ether oxygens (including phenoxy) is 1. The average molecular weight is 341 g/mol. The van der Waals surface area contributed by atoms with E-state index in [1.54, 1.807) is 0 Å². The van der Waals surface area contributed by atoms with Crippen LogP contribution < -0.4 is 10.1 Å². The minimum atomic E-state index is -4.57. The zero-order chi connectivity index (χ0) is 17.7. The molecule has 0 radical (unpaired) electrons. The van der Waals surface area contributed by atoms with E-state index in [-0.39, 0.29) is 23.6 Å². The lowest BCUT2D eigenvalue weighted by Crippen LogP contribution is -2.16. The zero-order valence-corrected chi connectivity index (χ0v) is 12.8. The highest BCUT2D eigenvalue weighted by atomic mass is 19.4. The summed E-state index contributed by atoms with van der Waals surface area (Å²) in [4.78, 5) is 12.1. The second-order valence-corrected chi connectivity index (χ2v) is 4.99. The van der Waals surface area contributed by atoms with Crippen molar-refractivity contribution < 1.29 is 27.1 Å². The number of nitrogens with one attached hydrogen (secondary N) is 1. The van der Waals surface area contributed by atoms with Gasteiger partial charge < -0.3 is 10.1 Å². The molecule has 0 unspecified atom stereocenters. The Labute approximate surface area is 136 Å². The number of benzene rings is 2. The molecular weight excluding hydrogens is 326 g/mol. The van der Waals surface area contributed by atoms with Crippen molar-refractivity contribution in [2.24, 2.45) is 0 Å². The molecule has 0 spiro atoms. The quantitative estimate of drug-likeness (QED) is 0.787. The van der Waals surface area contributed by atoms with E-state index in [9.17, 15) is 22.4 Å². The summed E-state index contributed by atoms with van der Waals surface area (Å²) in [6.07, 6.45) is -3.93. The standard InChI is InChI=1S/C17H15F4NO2/c1-2-9-24-15-8-7-11(17(19,20)21)10-14(15)22-16(23)12-5-3-4-6-13(12)18/h3-8,10H,2,9H2,1H3,(H,22,23). The lowest BCUT2D eigenvalue weighted by molar-refractivity contribution is -0.137. The number of amides is 1. The van der Waals surface area contributed by atoms with E-state index in [4.69, 9.17) is 4.74 Å². The molecule has 2 aromatic carbocycles. The Morgan fingerprint density at radius 3 is 2.50 bits per heavy atom. The predicted molar refractivity (Wildman–Crippen MR) is 81.6 cm³/mol. The largest absolute Gasteiger partial charge is 0.491 e. The molecule has 2 aromatic rings. The molecule has 2 rings (SSSR count). The maximum Gasteiger partial charge on any atom is 0.416 e. The van der Waals surface area contributed by atoms with Gasteiger partial charge in [-0.3, -0.25) is 4.79 Å². The molecule has 0 bridgehead atoms. The number of anilines is 1. The van der Waals surface area contributed by atoms with E-state index in [0.717, 1.165) is 24.3 Å². The van der Waals surface area contributed by atoms with Gasteiger partial charge in [-0.25, -0.2) is 4.39 Å². The molecule has 1 amide bonds. The summed E-state index contributed by atoms with van der Waals surface area (Å²) in [7, 11) is 0. The SMILES string of the molecule is CCCOc1ccc(C(F)(F)F)cc1NC(=O)c1ccccc1F. The van der Waals surface area contributed by atoms with E-state index in [1.165, 1.54) is 18.2 Å². The third kappa shape index (κ3) is 4.24. The summed E-state index contributed by atoms with van der Waals surface area (Å²) < 4.78 is 57.6. The fourth-order valence-corrected chi connectivity index (χ4v) is 1.98. The number of hydrogen-bond donors (Lipinski definition) is 1. The highest BCUT2D eigenvalue weighted by molar-refractivity contribution is 6.05. The van der Waals surface area contributed by atoms with Crippen LogP contribution in [-0.2, 0) is 6.18 Å². The molecule has 0 aromatic heterocycles. The summed E-state index contributed by atoms with van der Waals surface area (Å²) >= 11 is 0. The summed E-state index contributed by atoms with van der Waals surface area (Å²) in [6.45, 7) is 2.11. The Kier molecular flexibility index (Phi) is 5.43. The van der Waals surface area contributed by atoms with E-state index in [0.29, 0.717) is 6.42 Å². The number of carbonyl (C=O) groups excluding carboxylic acids is 1. The third-order valence-electron chi connectivity index (χ3n) is 3.14. The second-order valence-electron chi connectivity index (χ2n) is 4.99. The van der Waals surface area contributed by atoms with Gasteiger partial charge in [0.2, 0.25) is 0 Å². The van der Waals surface area contributed by atoms with Gasteiger partial charge in [-0.05, 0) is 36.8 Å². The maximum atomic E-state index is 13.6. The van der Waals surface area contributed by atoms with E-state index < -0.39 is 23.5 Å². The molecule has 0 fully saturated rings. The Bertz CT molecular complexity index is 729. The first-order chi connectivity index (χ1) is 11.3. The van der Waals surface area contributed by atoms with Gasteiger partial charge in [-0.2, -0.15) is 13.2 Å². The maximum absolute atomic E-state index is 13.6. The van der Waals surface area contributed by atoms with Crippen LogP contribution in [0.25, 0.3) is 0 Å². The van der Waals surface area contributed by atoms with Gasteiger partial charge in [0.05, 0.1) is 23.4 Å². The number of alkyl halides is 3. The summed E-state index contributed by atoms with van der Waals surface area (Å²) in [5.41, 5.74) is -1.36. The molecular formula is C17H15F4NO2. The van der Waals surface area contributed by atoms with Crippen molar-refractivity contribution in [3.05, 3.63) is 59.4 Å². The molecule has 0 aliphatic carbocycles. The molecule has 128 valence electrons. The lowest BCUT2D eigenvalue weighted by Gasteiger charge is -2.15.